The molecule has 0 amide bonds. The zero-order chi connectivity index (χ0) is 10.8. The third kappa shape index (κ3) is 2.23. The molecule has 0 aliphatic carbocycles. The highest BCUT2D eigenvalue weighted by molar-refractivity contribution is 8.00. The summed E-state index contributed by atoms with van der Waals surface area (Å²) in [5.74, 6) is 0.680. The van der Waals surface area contributed by atoms with Gasteiger partial charge in [0.05, 0.1) is 4.87 Å². The van der Waals surface area contributed by atoms with Crippen LogP contribution in [0.3, 0.4) is 0 Å². The standard InChI is InChI=1S/C10H19NO2S/c1-4-10(7(2)3)11-8(9(12)13)5-6-14-10/h7-8,11H,4-6H2,1-3H3,(H,12,13). The molecule has 2 unspecified atom stereocenters. The molecule has 0 radical (unpaired) electrons. The Kier molecular flexibility index (Phi) is 3.84. The van der Waals surface area contributed by atoms with Crippen molar-refractivity contribution in [3.8, 4) is 0 Å². The van der Waals surface area contributed by atoms with E-state index in [2.05, 4.69) is 26.1 Å². The van der Waals surface area contributed by atoms with Crippen LogP contribution in [0.1, 0.15) is 33.6 Å². The van der Waals surface area contributed by atoms with Gasteiger partial charge in [-0.3, -0.25) is 10.1 Å². The number of carboxylic acids is 1. The van der Waals surface area contributed by atoms with Crippen LogP contribution < -0.4 is 5.32 Å². The minimum Gasteiger partial charge on any atom is -0.480 e. The molecular formula is C10H19NO2S. The SMILES string of the molecule is CCC1(C(C)C)NC(C(=O)O)CCS1. The molecule has 1 heterocycles. The zero-order valence-corrected chi connectivity index (χ0v) is 9.86. The molecule has 1 aliphatic heterocycles. The van der Waals surface area contributed by atoms with Crippen LogP contribution in [0.4, 0.5) is 0 Å². The van der Waals surface area contributed by atoms with E-state index >= 15 is 0 Å². The van der Waals surface area contributed by atoms with E-state index in [4.69, 9.17) is 5.11 Å². The summed E-state index contributed by atoms with van der Waals surface area (Å²) in [6, 6.07) is -0.362. The van der Waals surface area contributed by atoms with Crippen LogP contribution in [0.15, 0.2) is 0 Å². The molecule has 0 bridgehead atoms. The molecule has 0 aromatic heterocycles. The average Bonchev–Trinajstić information content (AvgIpc) is 2.17. The van der Waals surface area contributed by atoms with Gasteiger partial charge in [0.1, 0.15) is 6.04 Å². The molecule has 0 spiro atoms. The van der Waals surface area contributed by atoms with E-state index < -0.39 is 5.97 Å². The van der Waals surface area contributed by atoms with Crippen molar-refractivity contribution < 1.29 is 9.90 Å². The minimum absolute atomic E-state index is 0.0404. The first kappa shape index (κ1) is 11.9. The number of hydrogen-bond donors (Lipinski definition) is 2. The van der Waals surface area contributed by atoms with Crippen molar-refractivity contribution in [3.63, 3.8) is 0 Å². The maximum atomic E-state index is 10.9. The smallest absolute Gasteiger partial charge is 0.320 e. The number of aliphatic carboxylic acids is 1. The lowest BCUT2D eigenvalue weighted by Gasteiger charge is -2.43. The lowest BCUT2D eigenvalue weighted by Crippen LogP contribution is -2.57. The average molecular weight is 217 g/mol. The van der Waals surface area contributed by atoms with Crippen LogP contribution in [0.25, 0.3) is 0 Å². The van der Waals surface area contributed by atoms with Crippen molar-refractivity contribution >= 4 is 17.7 Å². The summed E-state index contributed by atoms with van der Waals surface area (Å²) < 4.78 is 0. The molecule has 1 aliphatic rings. The molecule has 0 saturated carbocycles. The topological polar surface area (TPSA) is 49.3 Å². The second kappa shape index (κ2) is 4.53. The predicted octanol–water partition coefficient (Wildman–Crippen LogP) is 1.93. The predicted molar refractivity (Wildman–Crippen MR) is 59.5 cm³/mol. The molecule has 0 aromatic carbocycles. The molecule has 0 aromatic rings. The highest BCUT2D eigenvalue weighted by atomic mass is 32.2. The highest BCUT2D eigenvalue weighted by Gasteiger charge is 2.39. The largest absolute Gasteiger partial charge is 0.480 e. The van der Waals surface area contributed by atoms with Gasteiger partial charge in [0.15, 0.2) is 0 Å². The fraction of sp³-hybridized carbons (Fsp3) is 0.900. The van der Waals surface area contributed by atoms with Crippen molar-refractivity contribution in [3.05, 3.63) is 0 Å². The normalized spacial score (nSPS) is 33.3. The van der Waals surface area contributed by atoms with Gasteiger partial charge in [0, 0.05) is 0 Å². The zero-order valence-electron chi connectivity index (χ0n) is 9.04. The second-order valence-corrected chi connectivity index (χ2v) is 5.50. The summed E-state index contributed by atoms with van der Waals surface area (Å²) in [6.45, 7) is 6.41. The van der Waals surface area contributed by atoms with Crippen molar-refractivity contribution in [2.75, 3.05) is 5.75 Å². The fourth-order valence-corrected chi connectivity index (χ4v) is 3.38. The van der Waals surface area contributed by atoms with Gasteiger partial charge in [0.25, 0.3) is 0 Å². The van der Waals surface area contributed by atoms with E-state index in [0.717, 1.165) is 18.6 Å². The maximum Gasteiger partial charge on any atom is 0.320 e. The van der Waals surface area contributed by atoms with Crippen molar-refractivity contribution in [1.82, 2.24) is 5.32 Å². The Morgan fingerprint density at radius 1 is 1.71 bits per heavy atom. The lowest BCUT2D eigenvalue weighted by molar-refractivity contribution is -0.140. The van der Waals surface area contributed by atoms with Gasteiger partial charge in [-0.25, -0.2) is 0 Å². The molecular weight excluding hydrogens is 198 g/mol. The maximum absolute atomic E-state index is 10.9. The number of carbonyl (C=O) groups is 1. The van der Waals surface area contributed by atoms with E-state index in [9.17, 15) is 4.79 Å². The number of nitrogens with one attached hydrogen (secondary N) is 1. The molecule has 1 rings (SSSR count). The van der Waals surface area contributed by atoms with Gasteiger partial charge in [0.2, 0.25) is 0 Å². The number of thioether (sulfide) groups is 1. The summed E-state index contributed by atoms with van der Waals surface area (Å²) in [6.07, 6.45) is 1.70. The van der Waals surface area contributed by atoms with Crippen LogP contribution >= 0.6 is 11.8 Å². The summed E-state index contributed by atoms with van der Waals surface area (Å²) >= 11 is 1.87. The Balaban J connectivity index is 2.74. The molecule has 1 saturated heterocycles. The molecule has 2 N–H and O–H groups in total. The first-order valence-electron chi connectivity index (χ1n) is 5.16. The van der Waals surface area contributed by atoms with Gasteiger partial charge in [-0.05, 0) is 24.5 Å². The molecule has 1 fully saturated rings. The Morgan fingerprint density at radius 3 is 2.79 bits per heavy atom. The van der Waals surface area contributed by atoms with Crippen LogP contribution in [-0.4, -0.2) is 27.7 Å². The Labute approximate surface area is 89.6 Å². The molecule has 4 heteroatoms. The minimum atomic E-state index is -0.719. The Hall–Kier alpha value is -0.220. The number of carboxylic acid groups (broad SMARTS) is 1. The number of rotatable bonds is 3. The monoisotopic (exact) mass is 217 g/mol. The van der Waals surface area contributed by atoms with Crippen LogP contribution in [0, 0.1) is 5.92 Å². The Bertz CT molecular complexity index is 220. The summed E-state index contributed by atoms with van der Waals surface area (Å²) in [4.78, 5) is 10.9. The van der Waals surface area contributed by atoms with E-state index in [-0.39, 0.29) is 10.9 Å². The molecule has 14 heavy (non-hydrogen) atoms. The summed E-state index contributed by atoms with van der Waals surface area (Å²) in [5.41, 5.74) is 0. The first-order valence-corrected chi connectivity index (χ1v) is 6.15. The van der Waals surface area contributed by atoms with Crippen molar-refractivity contribution in [2.45, 2.75) is 44.5 Å². The van der Waals surface area contributed by atoms with Gasteiger partial charge in [-0.15, -0.1) is 11.8 Å². The van der Waals surface area contributed by atoms with Gasteiger partial charge in [-0.1, -0.05) is 20.8 Å². The van der Waals surface area contributed by atoms with Crippen molar-refractivity contribution in [2.24, 2.45) is 5.92 Å². The molecule has 3 nitrogen and oxygen atoms in total. The summed E-state index contributed by atoms with van der Waals surface area (Å²) in [7, 11) is 0. The quantitative estimate of drug-likeness (QED) is 0.758. The van der Waals surface area contributed by atoms with Crippen molar-refractivity contribution in [1.29, 1.82) is 0 Å². The summed E-state index contributed by atoms with van der Waals surface area (Å²) in [5, 5.41) is 12.3. The first-order chi connectivity index (χ1) is 6.52. The van der Waals surface area contributed by atoms with E-state index in [1.54, 1.807) is 0 Å². The number of hydrogen-bond acceptors (Lipinski definition) is 3. The van der Waals surface area contributed by atoms with Gasteiger partial charge >= 0.3 is 5.97 Å². The van der Waals surface area contributed by atoms with E-state index in [0.29, 0.717) is 5.92 Å². The highest BCUT2D eigenvalue weighted by Crippen LogP contribution is 2.38. The fourth-order valence-electron chi connectivity index (χ4n) is 1.90. The van der Waals surface area contributed by atoms with Crippen LogP contribution in [-0.2, 0) is 4.79 Å². The van der Waals surface area contributed by atoms with E-state index in [1.165, 1.54) is 0 Å². The van der Waals surface area contributed by atoms with E-state index in [1.807, 2.05) is 11.8 Å². The molecule has 82 valence electrons. The third-order valence-corrected chi connectivity index (χ3v) is 4.77. The van der Waals surface area contributed by atoms with Gasteiger partial charge in [-0.2, -0.15) is 0 Å². The lowest BCUT2D eigenvalue weighted by atomic mass is 9.98. The van der Waals surface area contributed by atoms with Crippen LogP contribution in [0.2, 0.25) is 0 Å². The van der Waals surface area contributed by atoms with Gasteiger partial charge < -0.3 is 5.11 Å². The second-order valence-electron chi connectivity index (χ2n) is 4.07. The Morgan fingerprint density at radius 2 is 2.36 bits per heavy atom. The third-order valence-electron chi connectivity index (χ3n) is 2.94. The van der Waals surface area contributed by atoms with Crippen LogP contribution in [0.5, 0.6) is 0 Å². The molecule has 2 atom stereocenters.